The third-order valence-electron chi connectivity index (χ3n) is 4.01. The number of aliphatic hydroxyl groups excluding tert-OH is 1. The molecule has 0 saturated carbocycles. The van der Waals surface area contributed by atoms with E-state index in [-0.39, 0.29) is 24.2 Å². The van der Waals surface area contributed by atoms with Crippen molar-refractivity contribution >= 4 is 5.91 Å². The smallest absolute Gasteiger partial charge is 0.230 e. The lowest BCUT2D eigenvalue weighted by molar-refractivity contribution is -0.126. The number of benzene rings is 1. The lowest BCUT2D eigenvalue weighted by Crippen LogP contribution is -2.42. The molecule has 0 heterocycles. The second-order valence-electron chi connectivity index (χ2n) is 6.82. The van der Waals surface area contributed by atoms with Crippen LogP contribution in [0.15, 0.2) is 24.3 Å². The van der Waals surface area contributed by atoms with Crippen molar-refractivity contribution in [2.24, 2.45) is 11.8 Å². The minimum atomic E-state index is -0.924. The molecule has 0 radical (unpaired) electrons. The largest absolute Gasteiger partial charge is 0.396 e. The number of halogens is 1. The van der Waals surface area contributed by atoms with Gasteiger partial charge in [-0.15, -0.1) is 0 Å². The first kappa shape index (κ1) is 18.6. The predicted octanol–water partition coefficient (Wildman–Crippen LogP) is 3.26. The Kier molecular flexibility index (Phi) is 7.01. The summed E-state index contributed by atoms with van der Waals surface area (Å²) in [6, 6.07) is 6.37. The average Bonchev–Trinajstić information content (AvgIpc) is 2.44. The van der Waals surface area contributed by atoms with E-state index in [9.17, 15) is 9.18 Å². The zero-order chi connectivity index (χ0) is 16.8. The molecular weight excluding hydrogens is 281 g/mol. The third-order valence-corrected chi connectivity index (χ3v) is 4.01. The summed E-state index contributed by atoms with van der Waals surface area (Å²) >= 11 is 0. The van der Waals surface area contributed by atoms with Crippen LogP contribution in [-0.2, 0) is 10.2 Å². The second kappa shape index (κ2) is 8.28. The maximum atomic E-state index is 13.9. The fraction of sp³-hybridized carbons (Fsp3) is 0.611. The molecule has 0 aromatic heterocycles. The van der Waals surface area contributed by atoms with E-state index in [4.69, 9.17) is 5.11 Å². The van der Waals surface area contributed by atoms with Crippen molar-refractivity contribution in [3.05, 3.63) is 35.6 Å². The Morgan fingerprint density at radius 3 is 2.50 bits per heavy atom. The standard InChI is InChI=1S/C18H28FNO2/c1-13(2)11-14(9-10-21)12-20-17(22)18(3,4)15-7-5-6-8-16(15)19/h5-8,13-14,21H,9-12H2,1-4H3,(H,20,22). The van der Waals surface area contributed by atoms with Crippen molar-refractivity contribution in [2.75, 3.05) is 13.2 Å². The van der Waals surface area contributed by atoms with Gasteiger partial charge in [0.05, 0.1) is 5.41 Å². The molecule has 1 unspecified atom stereocenters. The summed E-state index contributed by atoms with van der Waals surface area (Å²) in [5.41, 5.74) is -0.525. The van der Waals surface area contributed by atoms with Crippen LogP contribution in [0.2, 0.25) is 0 Å². The SMILES string of the molecule is CC(C)CC(CCO)CNC(=O)C(C)(C)c1ccccc1F. The van der Waals surface area contributed by atoms with Gasteiger partial charge in [0, 0.05) is 18.7 Å². The molecule has 0 spiro atoms. The van der Waals surface area contributed by atoms with Gasteiger partial charge < -0.3 is 10.4 Å². The van der Waals surface area contributed by atoms with Gasteiger partial charge in [0.15, 0.2) is 0 Å². The minimum Gasteiger partial charge on any atom is -0.396 e. The molecule has 124 valence electrons. The van der Waals surface area contributed by atoms with E-state index in [1.54, 1.807) is 32.0 Å². The Balaban J connectivity index is 2.72. The van der Waals surface area contributed by atoms with Crippen LogP contribution in [0.25, 0.3) is 0 Å². The predicted molar refractivity (Wildman–Crippen MR) is 87.1 cm³/mol. The highest BCUT2D eigenvalue weighted by atomic mass is 19.1. The van der Waals surface area contributed by atoms with E-state index >= 15 is 0 Å². The summed E-state index contributed by atoms with van der Waals surface area (Å²) in [5, 5.41) is 12.0. The molecule has 2 N–H and O–H groups in total. The van der Waals surface area contributed by atoms with Gasteiger partial charge in [-0.2, -0.15) is 0 Å². The highest BCUT2D eigenvalue weighted by Gasteiger charge is 2.32. The quantitative estimate of drug-likeness (QED) is 0.774. The van der Waals surface area contributed by atoms with Crippen molar-refractivity contribution in [3.63, 3.8) is 0 Å². The summed E-state index contributed by atoms with van der Waals surface area (Å²) in [4.78, 5) is 12.5. The van der Waals surface area contributed by atoms with Crippen LogP contribution in [0.4, 0.5) is 4.39 Å². The molecule has 22 heavy (non-hydrogen) atoms. The molecule has 1 aromatic carbocycles. The summed E-state index contributed by atoms with van der Waals surface area (Å²) in [6.07, 6.45) is 1.61. The molecule has 0 aliphatic heterocycles. The monoisotopic (exact) mass is 309 g/mol. The number of carbonyl (C=O) groups excluding carboxylic acids is 1. The molecule has 0 aliphatic rings. The average molecular weight is 309 g/mol. The molecule has 3 nitrogen and oxygen atoms in total. The second-order valence-corrected chi connectivity index (χ2v) is 6.82. The van der Waals surface area contributed by atoms with Crippen LogP contribution in [0.5, 0.6) is 0 Å². The Morgan fingerprint density at radius 2 is 1.95 bits per heavy atom. The first-order chi connectivity index (χ1) is 10.3. The maximum absolute atomic E-state index is 13.9. The van der Waals surface area contributed by atoms with E-state index < -0.39 is 5.41 Å². The molecule has 1 atom stereocenters. The van der Waals surface area contributed by atoms with Crippen molar-refractivity contribution < 1.29 is 14.3 Å². The molecule has 1 amide bonds. The Bertz CT molecular complexity index is 486. The highest BCUT2D eigenvalue weighted by Crippen LogP contribution is 2.26. The lowest BCUT2D eigenvalue weighted by atomic mass is 9.83. The van der Waals surface area contributed by atoms with Crippen LogP contribution >= 0.6 is 0 Å². The highest BCUT2D eigenvalue weighted by molar-refractivity contribution is 5.87. The molecule has 0 fully saturated rings. The number of nitrogens with one attached hydrogen (secondary N) is 1. The van der Waals surface area contributed by atoms with Crippen LogP contribution in [0.3, 0.4) is 0 Å². The van der Waals surface area contributed by atoms with E-state index in [1.807, 2.05) is 0 Å². The number of rotatable bonds is 8. The number of hydrogen-bond acceptors (Lipinski definition) is 2. The number of carbonyl (C=O) groups is 1. The molecule has 0 aliphatic carbocycles. The topological polar surface area (TPSA) is 49.3 Å². The van der Waals surface area contributed by atoms with Crippen molar-refractivity contribution in [1.29, 1.82) is 0 Å². The summed E-state index contributed by atoms with van der Waals surface area (Å²) in [5.74, 6) is 0.194. The molecule has 0 bridgehead atoms. The van der Waals surface area contributed by atoms with Crippen LogP contribution in [-0.4, -0.2) is 24.2 Å². The zero-order valence-corrected chi connectivity index (χ0v) is 14.0. The van der Waals surface area contributed by atoms with Gasteiger partial charge >= 0.3 is 0 Å². The van der Waals surface area contributed by atoms with Gasteiger partial charge in [-0.25, -0.2) is 4.39 Å². The zero-order valence-electron chi connectivity index (χ0n) is 14.0. The summed E-state index contributed by atoms with van der Waals surface area (Å²) < 4.78 is 13.9. The fourth-order valence-electron chi connectivity index (χ4n) is 2.70. The number of hydrogen-bond donors (Lipinski definition) is 2. The van der Waals surface area contributed by atoms with Gasteiger partial charge in [-0.1, -0.05) is 32.0 Å². The number of amides is 1. The van der Waals surface area contributed by atoms with E-state index in [0.29, 0.717) is 24.4 Å². The van der Waals surface area contributed by atoms with E-state index in [0.717, 1.165) is 6.42 Å². The van der Waals surface area contributed by atoms with E-state index in [1.165, 1.54) is 6.07 Å². The lowest BCUT2D eigenvalue weighted by Gasteiger charge is -2.26. The molecule has 1 rings (SSSR count). The van der Waals surface area contributed by atoms with Gasteiger partial charge in [0.2, 0.25) is 5.91 Å². The first-order valence-corrected chi connectivity index (χ1v) is 7.93. The van der Waals surface area contributed by atoms with Gasteiger partial charge in [-0.05, 0) is 44.6 Å². The van der Waals surface area contributed by atoms with Gasteiger partial charge in [0.1, 0.15) is 5.82 Å². The summed E-state index contributed by atoms with van der Waals surface area (Å²) in [7, 11) is 0. The third kappa shape index (κ3) is 5.09. The van der Waals surface area contributed by atoms with Gasteiger partial charge in [-0.3, -0.25) is 4.79 Å². The van der Waals surface area contributed by atoms with Crippen molar-refractivity contribution in [3.8, 4) is 0 Å². The van der Waals surface area contributed by atoms with E-state index in [2.05, 4.69) is 19.2 Å². The Morgan fingerprint density at radius 1 is 1.32 bits per heavy atom. The van der Waals surface area contributed by atoms with Gasteiger partial charge in [0.25, 0.3) is 0 Å². The first-order valence-electron chi connectivity index (χ1n) is 7.93. The maximum Gasteiger partial charge on any atom is 0.230 e. The van der Waals surface area contributed by atoms with Crippen LogP contribution < -0.4 is 5.32 Å². The normalized spacial score (nSPS) is 13.2. The minimum absolute atomic E-state index is 0.115. The summed E-state index contributed by atoms with van der Waals surface area (Å²) in [6.45, 7) is 8.32. The molecule has 1 aromatic rings. The molecule has 4 heteroatoms. The Hall–Kier alpha value is -1.42. The molecule has 0 saturated heterocycles. The van der Waals surface area contributed by atoms with Crippen molar-refractivity contribution in [2.45, 2.75) is 46.0 Å². The van der Waals surface area contributed by atoms with Crippen molar-refractivity contribution in [1.82, 2.24) is 5.32 Å². The number of aliphatic hydroxyl groups is 1. The molecular formula is C18H28FNO2. The van der Waals surface area contributed by atoms with Crippen LogP contribution in [0, 0.1) is 17.7 Å². The fourth-order valence-corrected chi connectivity index (χ4v) is 2.70. The van der Waals surface area contributed by atoms with Crippen LogP contribution in [0.1, 0.15) is 46.1 Å². The Labute approximate surface area is 132 Å².